The van der Waals surface area contributed by atoms with Crippen molar-refractivity contribution in [3.63, 3.8) is 0 Å². The van der Waals surface area contributed by atoms with Crippen LogP contribution in [-0.2, 0) is 12.8 Å². The molecule has 0 saturated heterocycles. The van der Waals surface area contributed by atoms with Gasteiger partial charge in [0, 0.05) is 20.8 Å². The van der Waals surface area contributed by atoms with Crippen LogP contribution in [0, 0.1) is 0 Å². The van der Waals surface area contributed by atoms with E-state index in [2.05, 4.69) is 10.6 Å². The van der Waals surface area contributed by atoms with E-state index in [4.69, 9.17) is 29.6 Å². The number of benzene rings is 2. The lowest BCUT2D eigenvalue weighted by Crippen LogP contribution is -2.34. The Labute approximate surface area is 188 Å². The molecular weight excluding hydrogens is 438 g/mol. The number of carbonyl (C=O) groups excluding carboxylic acids is 2. The zero-order valence-electron chi connectivity index (χ0n) is 16.1. The summed E-state index contributed by atoms with van der Waals surface area (Å²) in [5.41, 5.74) is 7.64. The number of nitrogens with one attached hydrogen (secondary N) is 2. The Hall–Kier alpha value is -2.48. The molecule has 8 heteroatoms. The number of amides is 2. The summed E-state index contributed by atoms with van der Waals surface area (Å²) in [5.74, 6) is -0.825. The predicted octanol–water partition coefficient (Wildman–Crippen LogP) is 5.05. The summed E-state index contributed by atoms with van der Waals surface area (Å²) < 4.78 is 0. The second kappa shape index (κ2) is 8.71. The zero-order chi connectivity index (χ0) is 21.3. The Morgan fingerprint density at radius 1 is 1.03 bits per heavy atom. The Morgan fingerprint density at radius 2 is 1.77 bits per heavy atom. The normalized spacial score (nSPS) is 13.4. The lowest BCUT2D eigenvalue weighted by molar-refractivity contribution is 0.0977. The second-order valence-electron chi connectivity index (χ2n) is 7.18. The molecule has 4 rings (SSSR count). The van der Waals surface area contributed by atoms with Crippen molar-refractivity contribution in [3.8, 4) is 0 Å². The average molecular weight is 458 g/mol. The molecule has 154 valence electrons. The molecule has 0 spiro atoms. The molecule has 0 aliphatic heterocycles. The number of hydrogen-bond acceptors (Lipinski definition) is 4. The molecule has 1 aliphatic rings. The van der Waals surface area contributed by atoms with E-state index in [1.165, 1.54) is 16.2 Å². The maximum Gasteiger partial charge on any atom is 0.258 e. The molecule has 0 fully saturated rings. The molecule has 0 atom stereocenters. The number of primary amides is 1. The van der Waals surface area contributed by atoms with E-state index >= 15 is 0 Å². The van der Waals surface area contributed by atoms with Crippen LogP contribution >= 0.6 is 35.2 Å². The van der Waals surface area contributed by atoms with Gasteiger partial charge < -0.3 is 11.1 Å². The van der Waals surface area contributed by atoms with E-state index in [0.29, 0.717) is 21.2 Å². The number of halogens is 1. The van der Waals surface area contributed by atoms with Gasteiger partial charge in [-0.25, -0.2) is 0 Å². The van der Waals surface area contributed by atoms with Crippen LogP contribution in [0.25, 0.3) is 10.8 Å². The van der Waals surface area contributed by atoms with Gasteiger partial charge in [-0.05, 0) is 61.0 Å². The number of aryl methyl sites for hydroxylation is 1. The highest BCUT2D eigenvalue weighted by Gasteiger charge is 2.24. The molecule has 2 amide bonds. The SMILES string of the molecule is NC(=O)c1c(NC(=S)NC(=O)c2cccc3c(Cl)cccc23)sc2c1CCCCC2. The quantitative estimate of drug-likeness (QED) is 0.379. The summed E-state index contributed by atoms with van der Waals surface area (Å²) in [6.07, 6.45) is 5.04. The Kier molecular flexibility index (Phi) is 6.04. The summed E-state index contributed by atoms with van der Waals surface area (Å²) in [6, 6.07) is 10.8. The van der Waals surface area contributed by atoms with E-state index < -0.39 is 5.91 Å². The highest BCUT2D eigenvalue weighted by atomic mass is 35.5. The van der Waals surface area contributed by atoms with Crippen LogP contribution in [0.4, 0.5) is 5.00 Å². The summed E-state index contributed by atoms with van der Waals surface area (Å²) in [7, 11) is 0. The van der Waals surface area contributed by atoms with Crippen molar-refractivity contribution in [3.05, 3.63) is 63.0 Å². The number of fused-ring (bicyclic) bond motifs is 2. The molecule has 2 aromatic carbocycles. The first-order valence-electron chi connectivity index (χ1n) is 9.69. The summed E-state index contributed by atoms with van der Waals surface area (Å²) in [4.78, 5) is 26.1. The fourth-order valence-corrected chi connectivity index (χ4v) is 5.66. The van der Waals surface area contributed by atoms with Crippen molar-refractivity contribution in [2.75, 3.05) is 5.32 Å². The van der Waals surface area contributed by atoms with Crippen molar-refractivity contribution in [2.45, 2.75) is 32.1 Å². The average Bonchev–Trinajstić information content (AvgIpc) is 2.88. The van der Waals surface area contributed by atoms with Gasteiger partial charge in [0.15, 0.2) is 5.11 Å². The van der Waals surface area contributed by atoms with Crippen LogP contribution in [0.5, 0.6) is 0 Å². The zero-order valence-corrected chi connectivity index (χ0v) is 18.5. The van der Waals surface area contributed by atoms with E-state index in [0.717, 1.165) is 48.4 Å². The summed E-state index contributed by atoms with van der Waals surface area (Å²) in [5, 5.41) is 8.56. The number of thiophene rings is 1. The number of rotatable bonds is 3. The maximum atomic E-state index is 12.9. The van der Waals surface area contributed by atoms with Gasteiger partial charge in [0.05, 0.1) is 5.56 Å². The summed E-state index contributed by atoms with van der Waals surface area (Å²) >= 11 is 13.1. The number of thiocarbonyl (C=S) groups is 1. The fraction of sp³-hybridized carbons (Fsp3) is 0.227. The van der Waals surface area contributed by atoms with Crippen LogP contribution in [0.2, 0.25) is 5.02 Å². The van der Waals surface area contributed by atoms with E-state index in [-0.39, 0.29) is 11.0 Å². The van der Waals surface area contributed by atoms with Crippen molar-refractivity contribution in [1.82, 2.24) is 5.32 Å². The Bertz CT molecular complexity index is 1170. The first kappa shape index (κ1) is 20.8. The Morgan fingerprint density at radius 3 is 2.57 bits per heavy atom. The van der Waals surface area contributed by atoms with E-state index in [1.807, 2.05) is 12.1 Å². The van der Waals surface area contributed by atoms with Gasteiger partial charge in [0.25, 0.3) is 11.8 Å². The molecule has 1 heterocycles. The van der Waals surface area contributed by atoms with Crippen LogP contribution in [0.3, 0.4) is 0 Å². The van der Waals surface area contributed by atoms with Crippen LogP contribution in [-0.4, -0.2) is 16.9 Å². The molecule has 0 saturated carbocycles. The third-order valence-corrected chi connectivity index (χ3v) is 6.98. The number of nitrogens with two attached hydrogens (primary N) is 1. The molecule has 3 aromatic rings. The van der Waals surface area contributed by atoms with Crippen molar-refractivity contribution in [2.24, 2.45) is 5.73 Å². The monoisotopic (exact) mass is 457 g/mol. The van der Waals surface area contributed by atoms with Crippen LogP contribution < -0.4 is 16.4 Å². The Balaban J connectivity index is 1.57. The van der Waals surface area contributed by atoms with Gasteiger partial charge in [-0.1, -0.05) is 42.3 Å². The second-order valence-corrected chi connectivity index (χ2v) is 9.10. The minimum Gasteiger partial charge on any atom is -0.365 e. The van der Waals surface area contributed by atoms with Gasteiger partial charge in [-0.15, -0.1) is 11.3 Å². The molecule has 1 aromatic heterocycles. The third-order valence-electron chi connectivity index (χ3n) is 5.24. The van der Waals surface area contributed by atoms with E-state index in [1.54, 1.807) is 24.3 Å². The maximum absolute atomic E-state index is 12.9. The minimum atomic E-state index is -0.477. The lowest BCUT2D eigenvalue weighted by atomic mass is 10.0. The van der Waals surface area contributed by atoms with Crippen molar-refractivity contribution < 1.29 is 9.59 Å². The molecule has 1 aliphatic carbocycles. The molecule has 0 radical (unpaired) electrons. The van der Waals surface area contributed by atoms with Crippen LogP contribution in [0.1, 0.15) is 50.4 Å². The lowest BCUT2D eigenvalue weighted by Gasteiger charge is -2.11. The first-order valence-corrected chi connectivity index (χ1v) is 11.3. The van der Waals surface area contributed by atoms with Gasteiger partial charge in [-0.3, -0.25) is 14.9 Å². The standard InChI is InChI=1S/C22H20ClN3O2S2/c23-16-10-5-7-12-13(16)8-4-9-14(12)20(28)25-22(29)26-21-18(19(24)27)15-6-2-1-3-11-17(15)30-21/h4-5,7-10H,1-3,6,11H2,(H2,24,27)(H2,25,26,28,29). The largest absolute Gasteiger partial charge is 0.365 e. The first-order chi connectivity index (χ1) is 14.5. The summed E-state index contributed by atoms with van der Waals surface area (Å²) in [6.45, 7) is 0. The molecule has 4 N–H and O–H groups in total. The highest BCUT2D eigenvalue weighted by Crippen LogP contribution is 2.37. The number of hydrogen-bond donors (Lipinski definition) is 3. The highest BCUT2D eigenvalue weighted by molar-refractivity contribution is 7.80. The third kappa shape index (κ3) is 4.05. The predicted molar refractivity (Wildman–Crippen MR) is 127 cm³/mol. The van der Waals surface area contributed by atoms with Crippen molar-refractivity contribution >= 4 is 67.9 Å². The van der Waals surface area contributed by atoms with Gasteiger partial charge in [-0.2, -0.15) is 0 Å². The van der Waals surface area contributed by atoms with Crippen LogP contribution in [0.15, 0.2) is 36.4 Å². The van der Waals surface area contributed by atoms with Gasteiger partial charge >= 0.3 is 0 Å². The minimum absolute atomic E-state index is 0.123. The molecule has 30 heavy (non-hydrogen) atoms. The smallest absolute Gasteiger partial charge is 0.258 e. The van der Waals surface area contributed by atoms with Crippen molar-refractivity contribution in [1.29, 1.82) is 0 Å². The van der Waals surface area contributed by atoms with Gasteiger partial charge in [0.2, 0.25) is 0 Å². The topological polar surface area (TPSA) is 84.2 Å². The fourth-order valence-electron chi connectivity index (χ4n) is 3.87. The molecule has 0 unspecified atom stereocenters. The number of anilines is 1. The molecule has 5 nitrogen and oxygen atoms in total. The van der Waals surface area contributed by atoms with E-state index in [9.17, 15) is 9.59 Å². The molecular formula is C22H20ClN3O2S2. The molecule has 0 bridgehead atoms. The number of carbonyl (C=O) groups is 2. The van der Waals surface area contributed by atoms with Gasteiger partial charge in [0.1, 0.15) is 5.00 Å².